The highest BCUT2D eigenvalue weighted by Gasteiger charge is 2.33. The summed E-state index contributed by atoms with van der Waals surface area (Å²) in [6.07, 6.45) is -2.84. The van der Waals surface area contributed by atoms with Crippen molar-refractivity contribution in [1.29, 1.82) is 0 Å². The molecule has 0 N–H and O–H groups in total. The SMILES string of the molecule is FC(F)(F)c1cccc([C@H]2OCCC[C@@H]2CCl)c1. The van der Waals surface area contributed by atoms with Gasteiger partial charge in [-0.05, 0) is 30.5 Å². The first-order valence-electron chi connectivity index (χ1n) is 5.87. The summed E-state index contributed by atoms with van der Waals surface area (Å²) in [6, 6.07) is 5.32. The minimum absolute atomic E-state index is 0.0869. The van der Waals surface area contributed by atoms with Gasteiger partial charge in [0.25, 0.3) is 0 Å². The highest BCUT2D eigenvalue weighted by atomic mass is 35.5. The molecule has 2 atom stereocenters. The third-order valence-corrected chi connectivity index (χ3v) is 3.58. The highest BCUT2D eigenvalue weighted by molar-refractivity contribution is 6.18. The lowest BCUT2D eigenvalue weighted by Crippen LogP contribution is -2.24. The predicted molar refractivity (Wildman–Crippen MR) is 63.6 cm³/mol. The largest absolute Gasteiger partial charge is 0.416 e. The van der Waals surface area contributed by atoms with Crippen LogP contribution in [0.1, 0.15) is 30.1 Å². The predicted octanol–water partition coefficient (Wildman–Crippen LogP) is 4.41. The molecule has 0 bridgehead atoms. The molecule has 18 heavy (non-hydrogen) atoms. The molecule has 1 heterocycles. The lowest BCUT2D eigenvalue weighted by molar-refractivity contribution is -0.137. The van der Waals surface area contributed by atoms with Crippen LogP contribution < -0.4 is 0 Å². The number of rotatable bonds is 2. The van der Waals surface area contributed by atoms with E-state index in [1.165, 1.54) is 6.07 Å². The summed E-state index contributed by atoms with van der Waals surface area (Å²) in [5, 5.41) is 0. The topological polar surface area (TPSA) is 9.23 Å². The van der Waals surface area contributed by atoms with Gasteiger partial charge in [-0.15, -0.1) is 11.6 Å². The van der Waals surface area contributed by atoms with Gasteiger partial charge < -0.3 is 4.74 Å². The first-order chi connectivity index (χ1) is 8.52. The minimum Gasteiger partial charge on any atom is -0.373 e. The second-order valence-corrected chi connectivity index (χ2v) is 4.78. The van der Waals surface area contributed by atoms with Crippen molar-refractivity contribution in [3.63, 3.8) is 0 Å². The molecule has 5 heteroatoms. The Morgan fingerprint density at radius 3 is 2.78 bits per heavy atom. The average molecular weight is 279 g/mol. The van der Waals surface area contributed by atoms with Crippen LogP contribution in [0.25, 0.3) is 0 Å². The van der Waals surface area contributed by atoms with Gasteiger partial charge >= 0.3 is 6.18 Å². The van der Waals surface area contributed by atoms with E-state index in [1.54, 1.807) is 6.07 Å². The normalized spacial score (nSPS) is 25.1. The molecule has 1 fully saturated rings. The van der Waals surface area contributed by atoms with Crippen LogP contribution in [0.15, 0.2) is 24.3 Å². The molecule has 0 unspecified atom stereocenters. The molecule has 0 saturated carbocycles. The van der Waals surface area contributed by atoms with E-state index in [2.05, 4.69) is 0 Å². The van der Waals surface area contributed by atoms with E-state index in [1.807, 2.05) is 0 Å². The van der Waals surface area contributed by atoms with Gasteiger partial charge in [0.15, 0.2) is 0 Å². The van der Waals surface area contributed by atoms with Crippen molar-refractivity contribution in [2.45, 2.75) is 25.1 Å². The van der Waals surface area contributed by atoms with E-state index in [0.717, 1.165) is 25.0 Å². The number of alkyl halides is 4. The molecule has 1 nitrogen and oxygen atoms in total. The van der Waals surface area contributed by atoms with Crippen LogP contribution in [-0.4, -0.2) is 12.5 Å². The van der Waals surface area contributed by atoms with Crippen LogP contribution in [0, 0.1) is 5.92 Å². The molecule has 1 aliphatic rings. The van der Waals surface area contributed by atoms with Crippen molar-refractivity contribution in [3.8, 4) is 0 Å². The third kappa shape index (κ3) is 2.98. The van der Waals surface area contributed by atoms with Crippen LogP contribution in [0.3, 0.4) is 0 Å². The maximum atomic E-state index is 12.6. The monoisotopic (exact) mass is 278 g/mol. The fraction of sp³-hybridized carbons (Fsp3) is 0.538. The Morgan fingerprint density at radius 1 is 1.33 bits per heavy atom. The maximum Gasteiger partial charge on any atom is 0.416 e. The molecular formula is C13H14ClF3O. The smallest absolute Gasteiger partial charge is 0.373 e. The van der Waals surface area contributed by atoms with Crippen molar-refractivity contribution in [1.82, 2.24) is 0 Å². The second kappa shape index (κ2) is 5.49. The van der Waals surface area contributed by atoms with Crippen molar-refractivity contribution >= 4 is 11.6 Å². The molecule has 1 saturated heterocycles. The van der Waals surface area contributed by atoms with E-state index in [0.29, 0.717) is 18.1 Å². The van der Waals surface area contributed by atoms with E-state index >= 15 is 0 Å². The Balaban J connectivity index is 2.27. The van der Waals surface area contributed by atoms with Crippen molar-refractivity contribution in [3.05, 3.63) is 35.4 Å². The fourth-order valence-corrected chi connectivity index (χ4v) is 2.58. The summed E-state index contributed by atoms with van der Waals surface area (Å²) in [4.78, 5) is 0. The Kier molecular flexibility index (Phi) is 4.17. The van der Waals surface area contributed by atoms with Crippen LogP contribution in [0.2, 0.25) is 0 Å². The van der Waals surface area contributed by atoms with Gasteiger partial charge in [0.1, 0.15) is 0 Å². The van der Waals surface area contributed by atoms with Crippen LogP contribution in [0.5, 0.6) is 0 Å². The molecule has 0 spiro atoms. The summed E-state index contributed by atoms with van der Waals surface area (Å²) in [5.41, 5.74) is -0.0716. The Labute approximate surface area is 109 Å². The lowest BCUT2D eigenvalue weighted by Gasteiger charge is -2.31. The molecule has 1 aromatic rings. The van der Waals surface area contributed by atoms with Gasteiger partial charge in [-0.1, -0.05) is 12.1 Å². The van der Waals surface area contributed by atoms with Crippen molar-refractivity contribution < 1.29 is 17.9 Å². The number of halogens is 4. The molecule has 100 valence electrons. The van der Waals surface area contributed by atoms with Crippen LogP contribution >= 0.6 is 11.6 Å². The Bertz CT molecular complexity index is 405. The standard InChI is InChI=1S/C13H14ClF3O/c14-8-10-4-2-6-18-12(10)9-3-1-5-11(7-9)13(15,16)17/h1,3,5,7,10,12H,2,4,6,8H2/t10-,12-/m1/s1. The number of benzene rings is 1. The lowest BCUT2D eigenvalue weighted by atomic mass is 9.90. The molecular weight excluding hydrogens is 265 g/mol. The van der Waals surface area contributed by atoms with E-state index < -0.39 is 11.7 Å². The van der Waals surface area contributed by atoms with E-state index in [4.69, 9.17) is 16.3 Å². The molecule has 0 aliphatic carbocycles. The van der Waals surface area contributed by atoms with Crippen LogP contribution in [0.4, 0.5) is 13.2 Å². The summed E-state index contributed by atoms with van der Waals surface area (Å²) in [7, 11) is 0. The second-order valence-electron chi connectivity index (χ2n) is 4.47. The summed E-state index contributed by atoms with van der Waals surface area (Å²) in [5.74, 6) is 0.491. The van der Waals surface area contributed by atoms with Gasteiger partial charge in [0.2, 0.25) is 0 Å². The summed E-state index contributed by atoms with van der Waals surface area (Å²) >= 11 is 5.85. The number of ether oxygens (including phenoxy) is 1. The maximum absolute atomic E-state index is 12.6. The van der Waals surface area contributed by atoms with Crippen molar-refractivity contribution in [2.75, 3.05) is 12.5 Å². The summed E-state index contributed by atoms with van der Waals surface area (Å²) in [6.45, 7) is 0.578. The third-order valence-electron chi connectivity index (χ3n) is 3.19. The van der Waals surface area contributed by atoms with E-state index in [9.17, 15) is 13.2 Å². The van der Waals surface area contributed by atoms with Gasteiger partial charge in [0.05, 0.1) is 11.7 Å². The fourth-order valence-electron chi connectivity index (χ4n) is 2.26. The van der Waals surface area contributed by atoms with Gasteiger partial charge in [0, 0.05) is 18.4 Å². The summed E-state index contributed by atoms with van der Waals surface area (Å²) < 4.78 is 43.5. The first kappa shape index (κ1) is 13.7. The van der Waals surface area contributed by atoms with Gasteiger partial charge in [-0.25, -0.2) is 0 Å². The molecule has 1 aromatic carbocycles. The van der Waals surface area contributed by atoms with Crippen LogP contribution in [-0.2, 0) is 10.9 Å². The highest BCUT2D eigenvalue weighted by Crippen LogP contribution is 2.37. The zero-order valence-electron chi connectivity index (χ0n) is 9.71. The zero-order valence-corrected chi connectivity index (χ0v) is 10.5. The first-order valence-corrected chi connectivity index (χ1v) is 6.40. The molecule has 0 aromatic heterocycles. The van der Waals surface area contributed by atoms with E-state index in [-0.39, 0.29) is 12.0 Å². The van der Waals surface area contributed by atoms with Crippen molar-refractivity contribution in [2.24, 2.45) is 5.92 Å². The van der Waals surface area contributed by atoms with Gasteiger partial charge in [-0.3, -0.25) is 0 Å². The number of hydrogen-bond donors (Lipinski definition) is 0. The molecule has 2 rings (SSSR count). The minimum atomic E-state index is -4.32. The zero-order chi connectivity index (χ0) is 13.2. The molecule has 1 aliphatic heterocycles. The quantitative estimate of drug-likeness (QED) is 0.728. The Morgan fingerprint density at radius 2 is 2.11 bits per heavy atom. The Hall–Kier alpha value is -0.740. The molecule has 0 amide bonds. The number of hydrogen-bond acceptors (Lipinski definition) is 1. The molecule has 0 radical (unpaired) electrons. The van der Waals surface area contributed by atoms with Gasteiger partial charge in [-0.2, -0.15) is 13.2 Å². The average Bonchev–Trinajstić information content (AvgIpc) is 2.38.